The van der Waals surface area contributed by atoms with Gasteiger partial charge in [-0.15, -0.1) is 0 Å². The first-order valence-corrected chi connectivity index (χ1v) is 7.79. The zero-order valence-corrected chi connectivity index (χ0v) is 12.8. The van der Waals surface area contributed by atoms with E-state index >= 15 is 0 Å². The van der Waals surface area contributed by atoms with Crippen LogP contribution in [0.3, 0.4) is 0 Å². The Balaban J connectivity index is 0.000000162. The van der Waals surface area contributed by atoms with E-state index in [4.69, 9.17) is 0 Å². The van der Waals surface area contributed by atoms with Crippen LogP contribution in [-0.2, 0) is 0 Å². The van der Waals surface area contributed by atoms with Crippen LogP contribution in [0.25, 0.3) is 0 Å². The summed E-state index contributed by atoms with van der Waals surface area (Å²) in [4.78, 5) is 2.36. The molecule has 0 radical (unpaired) electrons. The Labute approximate surface area is 110 Å². The normalized spacial score (nSPS) is 21.5. The van der Waals surface area contributed by atoms with E-state index in [9.17, 15) is 0 Å². The topological polar surface area (TPSA) is 19.9 Å². The Morgan fingerprint density at radius 2 is 1.47 bits per heavy atom. The van der Waals surface area contributed by atoms with Gasteiger partial charge in [-0.3, -0.25) is 0 Å². The molecule has 15 heavy (non-hydrogen) atoms. The molecule has 2 fully saturated rings. The predicted octanol–water partition coefficient (Wildman–Crippen LogP) is -0.370. The van der Waals surface area contributed by atoms with Crippen LogP contribution >= 0.6 is 0 Å². The zero-order valence-electron chi connectivity index (χ0n) is 9.41. The fourth-order valence-corrected chi connectivity index (χ4v) is 2.74. The van der Waals surface area contributed by atoms with Crippen LogP contribution in [0.1, 0.15) is 38.5 Å². The van der Waals surface area contributed by atoms with E-state index in [1.54, 1.807) is 0 Å². The Morgan fingerprint density at radius 3 is 1.73 bits per heavy atom. The number of likely N-dealkylation sites (tertiary alicyclic amines) is 1. The van der Waals surface area contributed by atoms with E-state index in [0.29, 0.717) is 0 Å². The van der Waals surface area contributed by atoms with Gasteiger partial charge in [0.25, 0.3) is 0 Å². The summed E-state index contributed by atoms with van der Waals surface area (Å²) in [5.41, 5.74) is 0. The SMILES string of the molecule is C1CC[NH2+]CC1.[Se]=[13C]([Se-])N1CCCCC1. The number of nitrogens with two attached hydrogens (primary N) is 1. The van der Waals surface area contributed by atoms with Crippen LogP contribution in [0.2, 0.25) is 0 Å². The Kier molecular flexibility index (Phi) is 8.04. The van der Waals surface area contributed by atoms with Crippen molar-refractivity contribution in [2.75, 3.05) is 26.2 Å². The summed E-state index contributed by atoms with van der Waals surface area (Å²) in [6.45, 7) is 5.21. The molecule has 0 aliphatic carbocycles. The quantitative estimate of drug-likeness (QED) is 0.510. The van der Waals surface area contributed by atoms with E-state index in [0.717, 1.165) is 0 Å². The van der Waals surface area contributed by atoms with Crippen LogP contribution < -0.4 is 5.32 Å². The van der Waals surface area contributed by atoms with Crippen molar-refractivity contribution in [2.24, 2.45) is 0 Å². The second kappa shape index (κ2) is 8.78. The zero-order chi connectivity index (χ0) is 10.9. The molecule has 2 aliphatic heterocycles. The third-order valence-corrected chi connectivity index (χ3v) is 4.01. The van der Waals surface area contributed by atoms with Gasteiger partial charge < -0.3 is 5.32 Å². The molecule has 0 saturated carbocycles. The molecule has 4 heteroatoms. The number of piperidine rings is 2. The summed E-state index contributed by atoms with van der Waals surface area (Å²) in [5.74, 6) is 0. The van der Waals surface area contributed by atoms with Gasteiger partial charge in [0.15, 0.2) is 0 Å². The molecule has 0 atom stereocenters. The van der Waals surface area contributed by atoms with Crippen molar-refractivity contribution in [2.45, 2.75) is 38.5 Å². The average molecular weight is 341 g/mol. The molecule has 2 rings (SSSR count). The molecule has 2 heterocycles. The summed E-state index contributed by atoms with van der Waals surface area (Å²) in [6.07, 6.45) is 8.47. The molecule has 2 nitrogen and oxygen atoms in total. The standard InChI is InChI=1S/C6H11NSe2.C5H11N/c8-6(9)7-4-2-1-3-5-7;1-2-4-6-5-3-1/h1-5H2,(H,8,9);6H,1-5H2/i6+1;. The summed E-state index contributed by atoms with van der Waals surface area (Å²) in [6, 6.07) is 0. The Morgan fingerprint density at radius 1 is 0.933 bits per heavy atom. The van der Waals surface area contributed by atoms with Gasteiger partial charge in [0, 0.05) is 0 Å². The second-order valence-electron chi connectivity index (χ2n) is 4.24. The van der Waals surface area contributed by atoms with E-state index in [1.807, 2.05) is 0 Å². The first kappa shape index (κ1) is 13.7. The molecule has 0 amide bonds. The molecule has 0 spiro atoms. The van der Waals surface area contributed by atoms with Gasteiger partial charge in [0.05, 0.1) is 13.1 Å². The molecule has 0 unspecified atom stereocenters. The van der Waals surface area contributed by atoms with Gasteiger partial charge in [-0.25, -0.2) is 0 Å². The number of rotatable bonds is 1. The van der Waals surface area contributed by atoms with Crippen molar-refractivity contribution in [3.8, 4) is 0 Å². The third kappa shape index (κ3) is 6.76. The van der Waals surface area contributed by atoms with Gasteiger partial charge in [-0.2, -0.15) is 0 Å². The predicted molar refractivity (Wildman–Crippen MR) is 67.4 cm³/mol. The van der Waals surface area contributed by atoms with Gasteiger partial charge in [0.1, 0.15) is 0 Å². The third-order valence-electron chi connectivity index (χ3n) is 2.93. The second-order valence-corrected chi connectivity index (χ2v) is 7.17. The molecule has 2 saturated heterocycles. The minimum atomic E-state index is 1.23. The van der Waals surface area contributed by atoms with Crippen molar-refractivity contribution in [3.63, 3.8) is 0 Å². The molecular formula is C11H22N2Se2. The van der Waals surface area contributed by atoms with Crippen LogP contribution in [0, 0.1) is 0 Å². The summed E-state index contributed by atoms with van der Waals surface area (Å²) in [7, 11) is 0. The van der Waals surface area contributed by atoms with Crippen molar-refractivity contribution in [1.82, 2.24) is 4.90 Å². The molecule has 0 aromatic carbocycles. The molecule has 0 aromatic heterocycles. The summed E-state index contributed by atoms with van der Waals surface area (Å²) in [5, 5.41) is 2.39. The van der Waals surface area contributed by atoms with E-state index < -0.39 is 0 Å². The Bertz CT molecular complexity index is 164. The van der Waals surface area contributed by atoms with E-state index in [2.05, 4.69) is 41.8 Å². The summed E-state index contributed by atoms with van der Waals surface area (Å²) < 4.78 is 1.23. The molecule has 0 bridgehead atoms. The molecule has 0 aromatic rings. The number of quaternary nitrogens is 1. The van der Waals surface area contributed by atoms with Crippen molar-refractivity contribution in [3.05, 3.63) is 0 Å². The van der Waals surface area contributed by atoms with E-state index in [-0.39, 0.29) is 0 Å². The fourth-order valence-electron chi connectivity index (χ4n) is 1.97. The maximum atomic E-state index is 3.00. The van der Waals surface area contributed by atoms with Crippen LogP contribution in [0.15, 0.2) is 0 Å². The monoisotopic (exact) mass is 343 g/mol. The molecule has 2 N–H and O–H groups in total. The van der Waals surface area contributed by atoms with Crippen molar-refractivity contribution < 1.29 is 5.32 Å². The van der Waals surface area contributed by atoms with Gasteiger partial charge in [0.2, 0.25) is 0 Å². The fraction of sp³-hybridized carbons (Fsp3) is 0.909. The Hall–Kier alpha value is 0.669. The first-order valence-electron chi connectivity index (χ1n) is 6.08. The molecule has 2 aliphatic rings. The van der Waals surface area contributed by atoms with Crippen LogP contribution in [0.5, 0.6) is 0 Å². The first-order chi connectivity index (χ1) is 7.30. The molecule has 88 valence electrons. The van der Waals surface area contributed by atoms with E-state index in [1.165, 1.54) is 68.1 Å². The van der Waals surface area contributed by atoms with Crippen molar-refractivity contribution >= 4 is 35.0 Å². The van der Waals surface area contributed by atoms with Gasteiger partial charge >= 0.3 is 72.3 Å². The van der Waals surface area contributed by atoms with Crippen LogP contribution in [-0.4, -0.2) is 66.1 Å². The average Bonchev–Trinajstić information content (AvgIpc) is 2.33. The number of hydrogen-bond donors (Lipinski definition) is 1. The van der Waals surface area contributed by atoms with Crippen molar-refractivity contribution in [1.29, 1.82) is 0 Å². The summed E-state index contributed by atoms with van der Waals surface area (Å²) >= 11 is 5.99. The maximum absolute atomic E-state index is 3.00. The minimum absolute atomic E-state index is 1.23. The van der Waals surface area contributed by atoms with Gasteiger partial charge in [-0.1, -0.05) is 0 Å². The number of hydrogen-bond acceptors (Lipinski definition) is 1. The van der Waals surface area contributed by atoms with Gasteiger partial charge in [-0.05, 0) is 19.3 Å². The number of nitrogens with zero attached hydrogens (tertiary/aromatic N) is 1. The van der Waals surface area contributed by atoms with Crippen LogP contribution in [0.4, 0.5) is 0 Å². The molecular weight excluding hydrogens is 319 g/mol.